The molecule has 102 valence electrons. The number of halogens is 1. The van der Waals surface area contributed by atoms with Crippen molar-refractivity contribution in [3.8, 4) is 0 Å². The molecule has 3 heteroatoms. The number of allylic oxidation sites excluding steroid dienone is 1. The third kappa shape index (κ3) is 2.44. The lowest BCUT2D eigenvalue weighted by Gasteiger charge is -2.37. The standard InChI is InChI=1S/C17H17ClN2/c1-2-10-20-11-9-13-5-3-4-6-15(13)17(20)14-7-8-16(18)19-12-14/h2-8,10,12,17H,9,11H2,1H3. The van der Waals surface area contributed by atoms with Crippen LogP contribution in [0.2, 0.25) is 5.15 Å². The van der Waals surface area contributed by atoms with Crippen molar-refractivity contribution < 1.29 is 0 Å². The lowest BCUT2D eigenvalue weighted by Crippen LogP contribution is -2.32. The summed E-state index contributed by atoms with van der Waals surface area (Å²) in [6.45, 7) is 3.08. The normalized spacial score (nSPS) is 18.3. The number of hydrogen-bond acceptors (Lipinski definition) is 2. The zero-order valence-corrected chi connectivity index (χ0v) is 12.2. The molecule has 0 N–H and O–H groups in total. The maximum absolute atomic E-state index is 5.91. The number of fused-ring (bicyclic) bond motifs is 1. The molecule has 1 aromatic heterocycles. The molecule has 0 radical (unpaired) electrons. The van der Waals surface area contributed by atoms with Gasteiger partial charge in [-0.25, -0.2) is 4.98 Å². The number of hydrogen-bond donors (Lipinski definition) is 0. The number of pyridine rings is 1. The molecule has 0 fully saturated rings. The van der Waals surface area contributed by atoms with Crippen LogP contribution in [0, 0.1) is 0 Å². The second-order valence-electron chi connectivity index (χ2n) is 4.99. The lowest BCUT2D eigenvalue weighted by atomic mass is 9.89. The van der Waals surface area contributed by atoms with Gasteiger partial charge in [0.25, 0.3) is 0 Å². The minimum Gasteiger partial charge on any atom is -0.366 e. The van der Waals surface area contributed by atoms with Crippen molar-refractivity contribution in [2.24, 2.45) is 0 Å². The van der Waals surface area contributed by atoms with Crippen molar-refractivity contribution in [2.45, 2.75) is 19.4 Å². The van der Waals surface area contributed by atoms with Crippen LogP contribution in [-0.2, 0) is 6.42 Å². The average Bonchev–Trinajstić information content (AvgIpc) is 2.48. The van der Waals surface area contributed by atoms with Gasteiger partial charge in [-0.3, -0.25) is 0 Å². The molecule has 0 bridgehead atoms. The van der Waals surface area contributed by atoms with Crippen molar-refractivity contribution in [1.29, 1.82) is 0 Å². The van der Waals surface area contributed by atoms with Gasteiger partial charge in [0, 0.05) is 12.7 Å². The Morgan fingerprint density at radius 2 is 2.10 bits per heavy atom. The van der Waals surface area contributed by atoms with E-state index in [2.05, 4.69) is 59.4 Å². The molecule has 0 aliphatic carbocycles. The van der Waals surface area contributed by atoms with Gasteiger partial charge in [0.15, 0.2) is 0 Å². The van der Waals surface area contributed by atoms with Gasteiger partial charge in [-0.15, -0.1) is 0 Å². The Bertz CT molecular complexity index is 619. The molecule has 2 heterocycles. The summed E-state index contributed by atoms with van der Waals surface area (Å²) in [7, 11) is 0. The fourth-order valence-corrected chi connectivity index (χ4v) is 2.97. The zero-order valence-electron chi connectivity index (χ0n) is 11.5. The van der Waals surface area contributed by atoms with Crippen LogP contribution in [0.25, 0.3) is 0 Å². The van der Waals surface area contributed by atoms with Crippen LogP contribution in [0.3, 0.4) is 0 Å². The first kappa shape index (κ1) is 13.2. The second-order valence-corrected chi connectivity index (χ2v) is 5.37. The van der Waals surface area contributed by atoms with Crippen molar-refractivity contribution in [3.05, 3.63) is 76.7 Å². The van der Waals surface area contributed by atoms with Crippen LogP contribution in [0.5, 0.6) is 0 Å². The summed E-state index contributed by atoms with van der Waals surface area (Å²) in [5.74, 6) is 0. The van der Waals surface area contributed by atoms with Gasteiger partial charge in [-0.05, 0) is 42.3 Å². The summed E-state index contributed by atoms with van der Waals surface area (Å²) in [5, 5.41) is 0.537. The minimum atomic E-state index is 0.223. The molecular weight excluding hydrogens is 268 g/mol. The third-order valence-electron chi connectivity index (χ3n) is 3.73. The van der Waals surface area contributed by atoms with Crippen LogP contribution in [0.15, 0.2) is 54.9 Å². The Balaban J connectivity index is 2.09. The average molecular weight is 285 g/mol. The van der Waals surface area contributed by atoms with E-state index in [4.69, 9.17) is 11.6 Å². The SMILES string of the molecule is CC=CN1CCc2ccccc2C1c1ccc(Cl)nc1. The highest BCUT2D eigenvalue weighted by atomic mass is 35.5. The molecule has 1 aliphatic heterocycles. The summed E-state index contributed by atoms with van der Waals surface area (Å²) < 4.78 is 0. The van der Waals surface area contributed by atoms with E-state index in [9.17, 15) is 0 Å². The van der Waals surface area contributed by atoms with E-state index in [0.717, 1.165) is 13.0 Å². The van der Waals surface area contributed by atoms with E-state index in [1.165, 1.54) is 16.7 Å². The highest BCUT2D eigenvalue weighted by Gasteiger charge is 2.26. The van der Waals surface area contributed by atoms with Crippen LogP contribution in [-0.4, -0.2) is 16.4 Å². The molecule has 2 aromatic rings. The predicted molar refractivity (Wildman–Crippen MR) is 82.8 cm³/mol. The monoisotopic (exact) mass is 284 g/mol. The summed E-state index contributed by atoms with van der Waals surface area (Å²) in [4.78, 5) is 6.60. The fraction of sp³-hybridized carbons (Fsp3) is 0.235. The Kier molecular flexibility index (Phi) is 3.75. The Labute approximate surface area is 124 Å². The van der Waals surface area contributed by atoms with E-state index in [1.54, 1.807) is 0 Å². The van der Waals surface area contributed by atoms with E-state index in [-0.39, 0.29) is 6.04 Å². The number of rotatable bonds is 2. The molecule has 20 heavy (non-hydrogen) atoms. The van der Waals surface area contributed by atoms with Gasteiger partial charge in [0.1, 0.15) is 5.15 Å². The van der Waals surface area contributed by atoms with Crippen molar-refractivity contribution in [1.82, 2.24) is 9.88 Å². The third-order valence-corrected chi connectivity index (χ3v) is 3.95. The largest absolute Gasteiger partial charge is 0.366 e. The minimum absolute atomic E-state index is 0.223. The van der Waals surface area contributed by atoms with Crippen LogP contribution in [0.4, 0.5) is 0 Å². The van der Waals surface area contributed by atoms with Crippen LogP contribution < -0.4 is 0 Å². The van der Waals surface area contributed by atoms with Crippen molar-refractivity contribution in [2.75, 3.05) is 6.54 Å². The number of nitrogens with zero attached hydrogens (tertiary/aromatic N) is 2. The molecule has 0 saturated heterocycles. The van der Waals surface area contributed by atoms with E-state index in [1.807, 2.05) is 12.3 Å². The Hall–Kier alpha value is -1.80. The van der Waals surface area contributed by atoms with Crippen molar-refractivity contribution in [3.63, 3.8) is 0 Å². The van der Waals surface area contributed by atoms with Gasteiger partial charge in [-0.1, -0.05) is 48.0 Å². The zero-order chi connectivity index (χ0) is 13.9. The molecule has 1 aromatic carbocycles. The van der Waals surface area contributed by atoms with Crippen LogP contribution >= 0.6 is 11.6 Å². The van der Waals surface area contributed by atoms with Gasteiger partial charge >= 0.3 is 0 Å². The number of benzene rings is 1. The van der Waals surface area contributed by atoms with Gasteiger partial charge < -0.3 is 4.90 Å². The van der Waals surface area contributed by atoms with E-state index in [0.29, 0.717) is 5.15 Å². The maximum Gasteiger partial charge on any atom is 0.129 e. The van der Waals surface area contributed by atoms with Crippen LogP contribution in [0.1, 0.15) is 29.7 Å². The highest BCUT2D eigenvalue weighted by molar-refractivity contribution is 6.29. The smallest absolute Gasteiger partial charge is 0.129 e. The summed E-state index contributed by atoms with van der Waals surface area (Å²) in [5.41, 5.74) is 3.97. The fourth-order valence-electron chi connectivity index (χ4n) is 2.86. The number of aromatic nitrogens is 1. The highest BCUT2D eigenvalue weighted by Crippen LogP contribution is 2.35. The first-order valence-corrected chi connectivity index (χ1v) is 7.25. The lowest BCUT2D eigenvalue weighted by molar-refractivity contribution is 0.300. The van der Waals surface area contributed by atoms with Gasteiger partial charge in [0.2, 0.25) is 0 Å². The molecule has 1 aliphatic rings. The Morgan fingerprint density at radius 1 is 1.25 bits per heavy atom. The molecule has 1 unspecified atom stereocenters. The molecule has 0 spiro atoms. The quantitative estimate of drug-likeness (QED) is 0.768. The first-order valence-electron chi connectivity index (χ1n) is 6.87. The van der Waals surface area contributed by atoms with Crippen molar-refractivity contribution >= 4 is 11.6 Å². The molecular formula is C17H17ClN2. The predicted octanol–water partition coefficient (Wildman–Crippen LogP) is 4.22. The summed E-state index contributed by atoms with van der Waals surface area (Å²) in [6.07, 6.45) is 7.21. The molecule has 2 nitrogen and oxygen atoms in total. The molecule has 3 rings (SSSR count). The van der Waals surface area contributed by atoms with E-state index < -0.39 is 0 Å². The topological polar surface area (TPSA) is 16.1 Å². The summed E-state index contributed by atoms with van der Waals surface area (Å²) >= 11 is 5.91. The summed E-state index contributed by atoms with van der Waals surface area (Å²) in [6, 6.07) is 12.8. The second kappa shape index (κ2) is 5.68. The van der Waals surface area contributed by atoms with E-state index >= 15 is 0 Å². The molecule has 0 amide bonds. The van der Waals surface area contributed by atoms with Gasteiger partial charge in [-0.2, -0.15) is 0 Å². The first-order chi connectivity index (χ1) is 9.79. The molecule has 1 atom stereocenters. The maximum atomic E-state index is 5.91. The Morgan fingerprint density at radius 3 is 2.85 bits per heavy atom. The van der Waals surface area contributed by atoms with Gasteiger partial charge in [0.05, 0.1) is 6.04 Å². The molecule has 0 saturated carbocycles.